The Hall–Kier alpha value is -2.61. The average Bonchev–Trinajstić information content (AvgIpc) is 3.26. The molecule has 1 saturated heterocycles. The van der Waals surface area contributed by atoms with Crippen LogP contribution in [0.2, 0.25) is 0 Å². The molecule has 0 spiro atoms. The molecular weight excluding hydrogens is 377 g/mol. The number of piperazine rings is 1. The van der Waals surface area contributed by atoms with Crippen molar-refractivity contribution in [1.29, 1.82) is 0 Å². The molecule has 1 amide bonds. The number of nitrogens with one attached hydrogen (secondary N) is 2. The molecule has 2 N–H and O–H groups in total. The lowest BCUT2D eigenvalue weighted by atomic mass is 10.2. The number of aliphatic imine (C=N–C) groups is 1. The van der Waals surface area contributed by atoms with Crippen molar-refractivity contribution in [2.24, 2.45) is 4.99 Å². The molecule has 28 heavy (non-hydrogen) atoms. The van der Waals surface area contributed by atoms with E-state index in [1.807, 2.05) is 29.6 Å². The van der Waals surface area contributed by atoms with Crippen LogP contribution >= 0.6 is 11.3 Å². The molecule has 150 valence electrons. The Morgan fingerprint density at radius 3 is 2.46 bits per heavy atom. The zero-order valence-corrected chi connectivity index (χ0v) is 16.8. The van der Waals surface area contributed by atoms with Crippen LogP contribution in [0.25, 0.3) is 0 Å². The molecule has 1 aromatic carbocycles. The van der Waals surface area contributed by atoms with Gasteiger partial charge in [-0.05, 0) is 42.1 Å². The van der Waals surface area contributed by atoms with E-state index in [0.29, 0.717) is 6.54 Å². The van der Waals surface area contributed by atoms with Gasteiger partial charge < -0.3 is 20.4 Å². The second-order valence-corrected chi connectivity index (χ2v) is 7.46. The van der Waals surface area contributed by atoms with Gasteiger partial charge in [0.05, 0.1) is 4.88 Å². The fourth-order valence-corrected chi connectivity index (χ4v) is 3.79. The van der Waals surface area contributed by atoms with Gasteiger partial charge in [0.15, 0.2) is 5.96 Å². The van der Waals surface area contributed by atoms with E-state index in [1.165, 1.54) is 23.5 Å². The molecule has 2 heterocycles. The van der Waals surface area contributed by atoms with Gasteiger partial charge in [-0.15, -0.1) is 11.3 Å². The van der Waals surface area contributed by atoms with Crippen LogP contribution in [0.3, 0.4) is 0 Å². The number of hydrogen-bond acceptors (Lipinski definition) is 4. The Balaban J connectivity index is 1.36. The Labute approximate surface area is 169 Å². The summed E-state index contributed by atoms with van der Waals surface area (Å²) in [5, 5.41) is 8.20. The summed E-state index contributed by atoms with van der Waals surface area (Å²) in [7, 11) is 1.78. The van der Waals surface area contributed by atoms with Crippen LogP contribution in [0.5, 0.6) is 0 Å². The molecule has 0 radical (unpaired) electrons. The molecule has 0 saturated carbocycles. The van der Waals surface area contributed by atoms with Crippen LogP contribution < -0.4 is 15.5 Å². The number of carbonyl (C=O) groups excluding carboxylic acids is 1. The first kappa shape index (κ1) is 20.1. The van der Waals surface area contributed by atoms with Crippen molar-refractivity contribution in [3.63, 3.8) is 0 Å². The lowest BCUT2D eigenvalue weighted by Gasteiger charge is -2.37. The van der Waals surface area contributed by atoms with Gasteiger partial charge in [0, 0.05) is 52.0 Å². The number of rotatable bonds is 6. The van der Waals surface area contributed by atoms with E-state index >= 15 is 0 Å². The number of halogens is 1. The van der Waals surface area contributed by atoms with Crippen LogP contribution in [0.15, 0.2) is 46.8 Å². The molecule has 2 aromatic rings. The summed E-state index contributed by atoms with van der Waals surface area (Å²) >= 11 is 1.45. The third kappa shape index (κ3) is 5.45. The summed E-state index contributed by atoms with van der Waals surface area (Å²) in [6, 6.07) is 10.3. The second-order valence-electron chi connectivity index (χ2n) is 6.51. The normalized spacial score (nSPS) is 14.9. The first-order valence-electron chi connectivity index (χ1n) is 9.45. The third-order valence-electron chi connectivity index (χ3n) is 4.65. The van der Waals surface area contributed by atoms with Gasteiger partial charge >= 0.3 is 0 Å². The van der Waals surface area contributed by atoms with E-state index in [1.54, 1.807) is 7.05 Å². The zero-order chi connectivity index (χ0) is 19.8. The minimum absolute atomic E-state index is 0.0173. The molecule has 1 aliphatic heterocycles. The van der Waals surface area contributed by atoms with Crippen molar-refractivity contribution < 1.29 is 9.18 Å². The van der Waals surface area contributed by atoms with E-state index in [4.69, 9.17) is 0 Å². The van der Waals surface area contributed by atoms with Crippen LogP contribution in [0.4, 0.5) is 10.1 Å². The highest BCUT2D eigenvalue weighted by molar-refractivity contribution is 7.12. The van der Waals surface area contributed by atoms with Gasteiger partial charge in [-0.2, -0.15) is 0 Å². The van der Waals surface area contributed by atoms with E-state index in [0.717, 1.165) is 55.7 Å². The van der Waals surface area contributed by atoms with Gasteiger partial charge in [-0.25, -0.2) is 4.39 Å². The number of carbonyl (C=O) groups is 1. The molecule has 0 atom stereocenters. The van der Waals surface area contributed by atoms with E-state index in [-0.39, 0.29) is 11.7 Å². The minimum Gasteiger partial charge on any atom is -0.368 e. The van der Waals surface area contributed by atoms with Crippen LogP contribution in [-0.4, -0.2) is 63.1 Å². The number of guanidine groups is 1. The predicted molar refractivity (Wildman–Crippen MR) is 113 cm³/mol. The SMILES string of the molecule is CN=C(NCCCNC(=O)c1cccs1)N1CCN(c2ccc(F)cc2)CC1. The maximum Gasteiger partial charge on any atom is 0.261 e. The molecular formula is C20H26FN5OS. The summed E-state index contributed by atoms with van der Waals surface area (Å²) in [4.78, 5) is 21.5. The summed E-state index contributed by atoms with van der Waals surface area (Å²) in [6.45, 7) is 4.80. The zero-order valence-electron chi connectivity index (χ0n) is 16.0. The van der Waals surface area contributed by atoms with Gasteiger partial charge in [0.25, 0.3) is 5.91 Å². The summed E-state index contributed by atoms with van der Waals surface area (Å²) in [6.07, 6.45) is 0.825. The summed E-state index contributed by atoms with van der Waals surface area (Å²) < 4.78 is 13.1. The lowest BCUT2D eigenvalue weighted by molar-refractivity contribution is 0.0957. The Morgan fingerprint density at radius 1 is 1.11 bits per heavy atom. The number of thiophene rings is 1. The first-order valence-corrected chi connectivity index (χ1v) is 10.3. The van der Waals surface area contributed by atoms with Crippen molar-refractivity contribution in [2.75, 3.05) is 51.2 Å². The standard InChI is InChI=1S/C20H26FN5OS/c1-22-20(24-10-3-9-23-19(27)18-4-2-15-28-18)26-13-11-25(12-14-26)17-7-5-16(21)6-8-17/h2,4-8,15H,3,9-14H2,1H3,(H,22,24)(H,23,27). The maximum absolute atomic E-state index is 13.1. The largest absolute Gasteiger partial charge is 0.368 e. The second kappa shape index (κ2) is 10.1. The number of nitrogens with zero attached hydrogens (tertiary/aromatic N) is 3. The van der Waals surface area contributed by atoms with Crippen LogP contribution in [0, 0.1) is 5.82 Å². The van der Waals surface area contributed by atoms with Gasteiger partial charge in [0.1, 0.15) is 5.82 Å². The van der Waals surface area contributed by atoms with Crippen molar-refractivity contribution >= 4 is 28.9 Å². The molecule has 1 aliphatic rings. The van der Waals surface area contributed by atoms with Gasteiger partial charge in [-0.3, -0.25) is 9.79 Å². The smallest absolute Gasteiger partial charge is 0.261 e. The molecule has 8 heteroatoms. The molecule has 6 nitrogen and oxygen atoms in total. The highest BCUT2D eigenvalue weighted by atomic mass is 32.1. The monoisotopic (exact) mass is 403 g/mol. The molecule has 3 rings (SSSR count). The minimum atomic E-state index is -0.210. The molecule has 1 fully saturated rings. The number of amides is 1. The molecule has 1 aromatic heterocycles. The molecule has 0 bridgehead atoms. The Morgan fingerprint density at radius 2 is 1.82 bits per heavy atom. The van der Waals surface area contributed by atoms with E-state index in [9.17, 15) is 9.18 Å². The van der Waals surface area contributed by atoms with Crippen LogP contribution in [0.1, 0.15) is 16.1 Å². The first-order chi connectivity index (χ1) is 13.7. The summed E-state index contributed by atoms with van der Waals surface area (Å²) in [5.74, 6) is 0.651. The predicted octanol–water partition coefficient (Wildman–Crippen LogP) is 2.40. The van der Waals surface area contributed by atoms with E-state index < -0.39 is 0 Å². The van der Waals surface area contributed by atoms with Crippen LogP contribution in [-0.2, 0) is 0 Å². The number of benzene rings is 1. The van der Waals surface area contributed by atoms with Gasteiger partial charge in [0.2, 0.25) is 0 Å². The topological polar surface area (TPSA) is 60.0 Å². The maximum atomic E-state index is 13.1. The number of anilines is 1. The Kier molecular flexibility index (Phi) is 7.25. The average molecular weight is 404 g/mol. The highest BCUT2D eigenvalue weighted by Gasteiger charge is 2.19. The Bertz CT molecular complexity index is 770. The quantitative estimate of drug-likeness (QED) is 0.442. The number of hydrogen-bond donors (Lipinski definition) is 2. The summed E-state index contributed by atoms with van der Waals surface area (Å²) in [5.41, 5.74) is 1.05. The molecule has 0 aliphatic carbocycles. The van der Waals surface area contributed by atoms with Crippen molar-refractivity contribution in [3.05, 3.63) is 52.5 Å². The highest BCUT2D eigenvalue weighted by Crippen LogP contribution is 2.17. The van der Waals surface area contributed by atoms with Gasteiger partial charge in [-0.1, -0.05) is 6.07 Å². The lowest BCUT2D eigenvalue weighted by Crippen LogP contribution is -2.52. The fourth-order valence-electron chi connectivity index (χ4n) is 3.15. The fraction of sp³-hybridized carbons (Fsp3) is 0.400. The third-order valence-corrected chi connectivity index (χ3v) is 5.52. The van der Waals surface area contributed by atoms with Crippen molar-refractivity contribution in [2.45, 2.75) is 6.42 Å². The van der Waals surface area contributed by atoms with Crippen molar-refractivity contribution in [1.82, 2.24) is 15.5 Å². The molecule has 0 unspecified atom stereocenters. The van der Waals surface area contributed by atoms with Crippen molar-refractivity contribution in [3.8, 4) is 0 Å². The van der Waals surface area contributed by atoms with E-state index in [2.05, 4.69) is 25.4 Å².